The summed E-state index contributed by atoms with van der Waals surface area (Å²) < 4.78 is 12.7. The zero-order chi connectivity index (χ0) is 34.2. The van der Waals surface area contributed by atoms with E-state index in [9.17, 15) is 9.59 Å². The van der Waals surface area contributed by atoms with Crippen LogP contribution < -0.4 is 5.56 Å². The number of aromatic nitrogens is 6. The molecule has 0 N–H and O–H groups in total. The van der Waals surface area contributed by atoms with Crippen molar-refractivity contribution in [2.45, 2.75) is 97.4 Å². The van der Waals surface area contributed by atoms with Crippen LogP contribution in [0.5, 0.6) is 0 Å². The first-order chi connectivity index (χ1) is 23.1. The molecule has 1 aliphatic rings. The Morgan fingerprint density at radius 3 is 2.46 bits per heavy atom. The molecule has 4 aromatic rings. The Bertz CT molecular complexity index is 1780. The van der Waals surface area contributed by atoms with E-state index in [0.29, 0.717) is 29.3 Å². The smallest absolute Gasteiger partial charge is 0.431 e. The van der Waals surface area contributed by atoms with Gasteiger partial charge in [-0.15, -0.1) is 15.0 Å². The van der Waals surface area contributed by atoms with Crippen LogP contribution in [0.25, 0.3) is 22.5 Å². The van der Waals surface area contributed by atoms with Crippen molar-refractivity contribution >= 4 is 23.4 Å². The van der Waals surface area contributed by atoms with Crippen LogP contribution in [-0.4, -0.2) is 66.0 Å². The maximum Gasteiger partial charge on any atom is 0.510 e. The summed E-state index contributed by atoms with van der Waals surface area (Å²) in [5.74, 6) is 1.20. The van der Waals surface area contributed by atoms with Crippen LogP contribution in [-0.2, 0) is 28.9 Å². The van der Waals surface area contributed by atoms with Gasteiger partial charge in [0, 0.05) is 43.8 Å². The van der Waals surface area contributed by atoms with Gasteiger partial charge < -0.3 is 14.4 Å². The normalized spacial score (nSPS) is 14.0. The number of hydrogen-bond acceptors (Lipinski definition) is 9. The van der Waals surface area contributed by atoms with Gasteiger partial charge in [-0.05, 0) is 67.9 Å². The fourth-order valence-electron chi connectivity index (χ4n) is 5.88. The van der Waals surface area contributed by atoms with Crippen LogP contribution >= 0.6 is 12.2 Å². The van der Waals surface area contributed by atoms with Crippen molar-refractivity contribution in [1.29, 1.82) is 0 Å². The third kappa shape index (κ3) is 8.52. The number of carbonyl (C=O) groups excluding carboxylic acids is 1. The number of tetrazole rings is 1. The molecule has 1 unspecified atom stereocenters. The zero-order valence-electron chi connectivity index (χ0n) is 28.5. The standard InChI is InChI=1S/C36H45N7O4S/c1-6-7-17-32-37-24(2)31(22-33(48)41(4)5)35(44)42(32)23-26-18-20-27(21-19-26)29-15-11-12-16-30(29)34-38-40-43(39-34)25(3)46-36(45)47-28-13-9-8-10-14-28/h11-12,15-16,18-21,25,28H,6-10,13-14,17,22-23H2,1-5H3. The lowest BCUT2D eigenvalue weighted by atomic mass is 9.98. The summed E-state index contributed by atoms with van der Waals surface area (Å²) in [5, 5.41) is 13.0. The van der Waals surface area contributed by atoms with Crippen molar-refractivity contribution in [3.63, 3.8) is 0 Å². The molecular formula is C36H45N7O4S. The van der Waals surface area contributed by atoms with Gasteiger partial charge in [0.1, 0.15) is 11.9 Å². The summed E-state index contributed by atoms with van der Waals surface area (Å²) in [6.07, 6.45) is 6.49. The van der Waals surface area contributed by atoms with Gasteiger partial charge in [0.15, 0.2) is 0 Å². The molecular weight excluding hydrogens is 627 g/mol. The molecule has 2 aromatic heterocycles. The van der Waals surface area contributed by atoms with Crippen molar-refractivity contribution in [3.05, 3.63) is 81.5 Å². The number of likely N-dealkylation sites (N-methyl/N-ethyl adjacent to an activating group) is 1. The molecule has 2 heterocycles. The third-order valence-corrected chi connectivity index (χ3v) is 9.25. The first-order valence-electron chi connectivity index (χ1n) is 16.8. The molecule has 0 bridgehead atoms. The van der Waals surface area contributed by atoms with E-state index in [4.69, 9.17) is 26.7 Å². The lowest BCUT2D eigenvalue weighted by Crippen LogP contribution is -2.33. The predicted molar refractivity (Wildman–Crippen MR) is 189 cm³/mol. The van der Waals surface area contributed by atoms with Crippen LogP contribution in [0.1, 0.15) is 87.7 Å². The molecule has 1 saturated carbocycles. The third-order valence-electron chi connectivity index (χ3n) is 8.74. The molecule has 0 radical (unpaired) electrons. The highest BCUT2D eigenvalue weighted by Crippen LogP contribution is 2.30. The van der Waals surface area contributed by atoms with Gasteiger partial charge in [-0.2, -0.15) is 0 Å². The van der Waals surface area contributed by atoms with Crippen molar-refractivity contribution < 1.29 is 14.3 Å². The maximum absolute atomic E-state index is 13.8. The van der Waals surface area contributed by atoms with Crippen LogP contribution in [0.15, 0.2) is 53.3 Å². The molecule has 12 heteroatoms. The van der Waals surface area contributed by atoms with Crippen LogP contribution in [0.3, 0.4) is 0 Å². The fraction of sp³-hybridized carbons (Fsp3) is 0.472. The van der Waals surface area contributed by atoms with E-state index in [1.54, 1.807) is 11.5 Å². The first-order valence-corrected chi connectivity index (χ1v) is 17.2. The molecule has 0 aliphatic heterocycles. The van der Waals surface area contributed by atoms with Crippen LogP contribution in [0.2, 0.25) is 0 Å². The minimum Gasteiger partial charge on any atom is -0.431 e. The van der Waals surface area contributed by atoms with E-state index in [1.807, 2.05) is 74.4 Å². The zero-order valence-corrected chi connectivity index (χ0v) is 29.3. The van der Waals surface area contributed by atoms with Crippen molar-refractivity contribution in [2.24, 2.45) is 0 Å². The summed E-state index contributed by atoms with van der Waals surface area (Å²) in [7, 11) is 3.78. The maximum atomic E-state index is 13.8. The summed E-state index contributed by atoms with van der Waals surface area (Å²) in [6.45, 7) is 6.12. The number of hydrogen-bond donors (Lipinski definition) is 0. The first kappa shape index (κ1) is 34.9. The van der Waals surface area contributed by atoms with Crippen molar-refractivity contribution in [1.82, 2.24) is 34.7 Å². The highest BCUT2D eigenvalue weighted by atomic mass is 32.1. The van der Waals surface area contributed by atoms with E-state index >= 15 is 0 Å². The molecule has 1 atom stereocenters. The fourth-order valence-corrected chi connectivity index (χ4v) is 6.02. The number of aryl methyl sites for hydroxylation is 2. The number of ether oxygens (including phenoxy) is 2. The van der Waals surface area contributed by atoms with Gasteiger partial charge >= 0.3 is 6.16 Å². The lowest BCUT2D eigenvalue weighted by molar-refractivity contribution is -0.0330. The SMILES string of the molecule is CCCCc1nc(C)c(CC(=S)N(C)C)c(=O)n1Cc1ccc(-c2ccccc2-c2nnn(C(C)OC(=O)OC3CCCCC3)n2)cc1. The Hall–Kier alpha value is -4.45. The van der Waals surface area contributed by atoms with Crippen molar-refractivity contribution in [3.8, 4) is 22.5 Å². The monoisotopic (exact) mass is 671 g/mol. The summed E-state index contributed by atoms with van der Waals surface area (Å²) in [5.41, 5.74) is 5.00. The molecule has 5 rings (SSSR count). The van der Waals surface area contributed by atoms with Gasteiger partial charge in [0.05, 0.1) is 11.5 Å². The molecule has 1 aliphatic carbocycles. The second-order valence-electron chi connectivity index (χ2n) is 12.6. The highest BCUT2D eigenvalue weighted by molar-refractivity contribution is 7.80. The molecule has 1 fully saturated rings. The number of benzene rings is 2. The number of thiocarbonyl (C=S) groups is 1. The molecule has 48 heavy (non-hydrogen) atoms. The Morgan fingerprint density at radius 2 is 1.77 bits per heavy atom. The minimum atomic E-state index is -0.783. The summed E-state index contributed by atoms with van der Waals surface area (Å²) >= 11 is 5.53. The largest absolute Gasteiger partial charge is 0.510 e. The average Bonchev–Trinajstić information content (AvgIpc) is 3.58. The molecule has 0 spiro atoms. The molecule has 2 aromatic carbocycles. The Balaban J connectivity index is 1.34. The van der Waals surface area contributed by atoms with Gasteiger partial charge in [-0.25, -0.2) is 9.78 Å². The Labute approximate surface area is 287 Å². The second kappa shape index (κ2) is 16.1. The van der Waals surface area contributed by atoms with Crippen LogP contribution in [0, 0.1) is 6.92 Å². The summed E-state index contributed by atoms with van der Waals surface area (Å²) in [6, 6.07) is 16.0. The van der Waals surface area contributed by atoms with Gasteiger partial charge in [-0.1, -0.05) is 80.5 Å². The molecule has 254 valence electrons. The van der Waals surface area contributed by atoms with E-state index in [0.717, 1.165) is 78.7 Å². The number of rotatable bonds is 12. The van der Waals surface area contributed by atoms with E-state index in [1.165, 1.54) is 11.2 Å². The van der Waals surface area contributed by atoms with Crippen molar-refractivity contribution in [2.75, 3.05) is 14.1 Å². The molecule has 0 saturated heterocycles. The number of nitrogens with zero attached hydrogens (tertiary/aromatic N) is 7. The van der Waals surface area contributed by atoms with Gasteiger partial charge in [0.2, 0.25) is 12.1 Å². The van der Waals surface area contributed by atoms with E-state index in [-0.39, 0.29) is 11.7 Å². The van der Waals surface area contributed by atoms with E-state index in [2.05, 4.69) is 22.3 Å². The number of unbranched alkanes of at least 4 members (excludes halogenated alkanes) is 1. The quantitative estimate of drug-likeness (QED) is 0.119. The van der Waals surface area contributed by atoms with E-state index < -0.39 is 12.4 Å². The number of carbonyl (C=O) groups is 1. The lowest BCUT2D eigenvalue weighted by Gasteiger charge is -2.22. The van der Waals surface area contributed by atoms with Gasteiger partial charge in [0.25, 0.3) is 5.56 Å². The topological polar surface area (TPSA) is 117 Å². The minimum absolute atomic E-state index is 0.0400. The molecule has 11 nitrogen and oxygen atoms in total. The Morgan fingerprint density at radius 1 is 1.06 bits per heavy atom. The molecule has 0 amide bonds. The average molecular weight is 672 g/mol. The highest BCUT2D eigenvalue weighted by Gasteiger charge is 2.23. The summed E-state index contributed by atoms with van der Waals surface area (Å²) in [4.78, 5) is 34.9. The second-order valence-corrected chi connectivity index (χ2v) is 13.0. The Kier molecular flexibility index (Phi) is 11.7. The van der Waals surface area contributed by atoms with Crippen LogP contribution in [0.4, 0.5) is 4.79 Å². The van der Waals surface area contributed by atoms with Gasteiger partial charge in [-0.3, -0.25) is 9.36 Å². The predicted octanol–water partition coefficient (Wildman–Crippen LogP) is 6.70.